The second-order valence-electron chi connectivity index (χ2n) is 6.60. The van der Waals surface area contributed by atoms with E-state index in [4.69, 9.17) is 9.47 Å². The van der Waals surface area contributed by atoms with Gasteiger partial charge in [0.1, 0.15) is 11.5 Å². The first-order chi connectivity index (χ1) is 13.6. The number of carbonyl (C=O) groups excluding carboxylic acids is 1. The van der Waals surface area contributed by atoms with Gasteiger partial charge in [-0.1, -0.05) is 18.2 Å². The standard InChI is InChI=1S/C22H25N3O3/c1-24(15-18-14-23-25(16-18)19-7-5-4-6-8-19)22(26)10-9-17-11-20(27-2)13-21(12-17)28-3/h4-8,11-14,16H,9-10,15H2,1-3H3. The average Bonchev–Trinajstić information content (AvgIpc) is 3.20. The molecule has 0 atom stereocenters. The lowest BCUT2D eigenvalue weighted by atomic mass is 10.1. The van der Waals surface area contributed by atoms with Gasteiger partial charge in [-0.15, -0.1) is 0 Å². The van der Waals surface area contributed by atoms with Gasteiger partial charge >= 0.3 is 0 Å². The van der Waals surface area contributed by atoms with Crippen molar-refractivity contribution in [2.45, 2.75) is 19.4 Å². The van der Waals surface area contributed by atoms with Crippen molar-refractivity contribution >= 4 is 5.91 Å². The van der Waals surface area contributed by atoms with Crippen LogP contribution in [0, 0.1) is 0 Å². The zero-order valence-corrected chi connectivity index (χ0v) is 16.5. The molecule has 0 aliphatic heterocycles. The summed E-state index contributed by atoms with van der Waals surface area (Å²) in [5.74, 6) is 1.53. The largest absolute Gasteiger partial charge is 0.497 e. The van der Waals surface area contributed by atoms with Crippen LogP contribution in [0.2, 0.25) is 0 Å². The second kappa shape index (κ2) is 9.08. The molecular weight excluding hydrogens is 354 g/mol. The van der Waals surface area contributed by atoms with Gasteiger partial charge in [0, 0.05) is 37.8 Å². The number of aryl methyl sites for hydroxylation is 1. The molecule has 2 aromatic carbocycles. The van der Waals surface area contributed by atoms with Crippen LogP contribution in [-0.2, 0) is 17.8 Å². The van der Waals surface area contributed by atoms with Gasteiger partial charge in [0.05, 0.1) is 26.1 Å². The van der Waals surface area contributed by atoms with E-state index in [2.05, 4.69) is 5.10 Å². The lowest BCUT2D eigenvalue weighted by Crippen LogP contribution is -2.26. The van der Waals surface area contributed by atoms with Crippen molar-refractivity contribution < 1.29 is 14.3 Å². The molecule has 3 aromatic rings. The maximum Gasteiger partial charge on any atom is 0.222 e. The number of amides is 1. The first-order valence-corrected chi connectivity index (χ1v) is 9.14. The first-order valence-electron chi connectivity index (χ1n) is 9.14. The Balaban J connectivity index is 1.57. The number of para-hydroxylation sites is 1. The smallest absolute Gasteiger partial charge is 0.222 e. The fourth-order valence-electron chi connectivity index (χ4n) is 2.98. The van der Waals surface area contributed by atoms with Crippen LogP contribution in [-0.4, -0.2) is 41.9 Å². The summed E-state index contributed by atoms with van der Waals surface area (Å²) in [4.78, 5) is 14.3. The predicted octanol–water partition coefficient (Wildman–Crippen LogP) is 3.48. The van der Waals surface area contributed by atoms with Crippen molar-refractivity contribution in [3.8, 4) is 17.2 Å². The van der Waals surface area contributed by atoms with E-state index >= 15 is 0 Å². The number of ether oxygens (including phenoxy) is 2. The van der Waals surface area contributed by atoms with Crippen LogP contribution in [0.5, 0.6) is 11.5 Å². The maximum absolute atomic E-state index is 12.5. The van der Waals surface area contributed by atoms with Crippen LogP contribution in [0.4, 0.5) is 0 Å². The van der Waals surface area contributed by atoms with E-state index in [1.807, 2.05) is 66.5 Å². The summed E-state index contributed by atoms with van der Waals surface area (Å²) in [7, 11) is 5.05. The van der Waals surface area contributed by atoms with Crippen LogP contribution < -0.4 is 9.47 Å². The van der Waals surface area contributed by atoms with Crippen LogP contribution in [0.1, 0.15) is 17.5 Å². The third-order valence-corrected chi connectivity index (χ3v) is 4.54. The van der Waals surface area contributed by atoms with Gasteiger partial charge < -0.3 is 14.4 Å². The van der Waals surface area contributed by atoms with E-state index in [1.165, 1.54) is 0 Å². The number of nitrogens with zero attached hydrogens (tertiary/aromatic N) is 3. The lowest BCUT2D eigenvalue weighted by molar-refractivity contribution is -0.130. The van der Waals surface area contributed by atoms with Crippen molar-refractivity contribution in [2.75, 3.05) is 21.3 Å². The third-order valence-electron chi connectivity index (χ3n) is 4.54. The first kappa shape index (κ1) is 19.5. The molecule has 1 heterocycles. The number of carbonyl (C=O) groups is 1. The molecule has 0 N–H and O–H groups in total. The fourth-order valence-corrected chi connectivity index (χ4v) is 2.98. The number of benzene rings is 2. The molecule has 146 valence electrons. The minimum atomic E-state index is 0.0780. The minimum Gasteiger partial charge on any atom is -0.497 e. The Morgan fingerprint density at radius 1 is 1.04 bits per heavy atom. The molecule has 0 radical (unpaired) electrons. The SMILES string of the molecule is COc1cc(CCC(=O)N(C)Cc2cnn(-c3ccccc3)c2)cc(OC)c1. The molecular formula is C22H25N3O3. The van der Waals surface area contributed by atoms with Crippen molar-refractivity contribution in [3.63, 3.8) is 0 Å². The van der Waals surface area contributed by atoms with Gasteiger partial charge in [0.25, 0.3) is 0 Å². The normalized spacial score (nSPS) is 10.5. The molecule has 0 saturated heterocycles. The molecule has 6 nitrogen and oxygen atoms in total. The molecule has 1 aromatic heterocycles. The highest BCUT2D eigenvalue weighted by Gasteiger charge is 2.12. The van der Waals surface area contributed by atoms with E-state index < -0.39 is 0 Å². The maximum atomic E-state index is 12.5. The molecule has 0 spiro atoms. The predicted molar refractivity (Wildman–Crippen MR) is 108 cm³/mol. The van der Waals surface area contributed by atoms with Gasteiger partial charge in [-0.05, 0) is 36.2 Å². The number of aromatic nitrogens is 2. The van der Waals surface area contributed by atoms with E-state index in [9.17, 15) is 4.79 Å². The number of hydrogen-bond acceptors (Lipinski definition) is 4. The highest BCUT2D eigenvalue weighted by molar-refractivity contribution is 5.76. The van der Waals surface area contributed by atoms with Crippen LogP contribution >= 0.6 is 0 Å². The third kappa shape index (κ3) is 4.91. The van der Waals surface area contributed by atoms with Crippen molar-refractivity contribution in [2.24, 2.45) is 0 Å². The van der Waals surface area contributed by atoms with Gasteiger partial charge in [-0.25, -0.2) is 4.68 Å². The average molecular weight is 379 g/mol. The highest BCUT2D eigenvalue weighted by atomic mass is 16.5. The minimum absolute atomic E-state index is 0.0780. The zero-order valence-electron chi connectivity index (χ0n) is 16.5. The molecule has 3 rings (SSSR count). The molecule has 1 amide bonds. The zero-order chi connectivity index (χ0) is 19.9. The Hall–Kier alpha value is -3.28. The number of rotatable bonds is 8. The lowest BCUT2D eigenvalue weighted by Gasteiger charge is -2.16. The molecule has 0 aliphatic carbocycles. The summed E-state index contributed by atoms with van der Waals surface area (Å²) in [5, 5.41) is 4.38. The highest BCUT2D eigenvalue weighted by Crippen LogP contribution is 2.23. The number of methoxy groups -OCH3 is 2. The van der Waals surface area contributed by atoms with E-state index in [0.29, 0.717) is 19.4 Å². The topological polar surface area (TPSA) is 56.6 Å². The van der Waals surface area contributed by atoms with Crippen molar-refractivity contribution in [1.29, 1.82) is 0 Å². The van der Waals surface area contributed by atoms with Gasteiger partial charge in [-0.2, -0.15) is 5.10 Å². The summed E-state index contributed by atoms with van der Waals surface area (Å²) >= 11 is 0. The molecule has 0 aliphatic rings. The summed E-state index contributed by atoms with van der Waals surface area (Å²) in [5.41, 5.74) is 2.99. The Bertz CT molecular complexity index is 900. The quantitative estimate of drug-likeness (QED) is 0.601. The summed E-state index contributed by atoms with van der Waals surface area (Å²) in [6.07, 6.45) is 4.79. The Labute approximate surface area is 165 Å². The molecule has 0 fully saturated rings. The van der Waals surface area contributed by atoms with Gasteiger partial charge in [-0.3, -0.25) is 4.79 Å². The monoisotopic (exact) mass is 379 g/mol. The summed E-state index contributed by atoms with van der Waals surface area (Å²) in [6, 6.07) is 15.6. The Morgan fingerprint density at radius 2 is 1.71 bits per heavy atom. The second-order valence-corrected chi connectivity index (χ2v) is 6.60. The summed E-state index contributed by atoms with van der Waals surface area (Å²) < 4.78 is 12.4. The van der Waals surface area contributed by atoms with Crippen molar-refractivity contribution in [1.82, 2.24) is 14.7 Å². The van der Waals surface area contributed by atoms with Crippen LogP contribution in [0.15, 0.2) is 60.9 Å². The van der Waals surface area contributed by atoms with Gasteiger partial charge in [0.2, 0.25) is 5.91 Å². The van der Waals surface area contributed by atoms with Crippen LogP contribution in [0.25, 0.3) is 5.69 Å². The summed E-state index contributed by atoms with van der Waals surface area (Å²) in [6.45, 7) is 0.521. The Morgan fingerprint density at radius 3 is 2.36 bits per heavy atom. The molecule has 6 heteroatoms. The van der Waals surface area contributed by atoms with Crippen molar-refractivity contribution in [3.05, 3.63) is 72.1 Å². The van der Waals surface area contributed by atoms with E-state index in [-0.39, 0.29) is 5.91 Å². The Kier molecular flexibility index (Phi) is 6.32. The molecule has 0 saturated carbocycles. The van der Waals surface area contributed by atoms with Gasteiger partial charge in [0.15, 0.2) is 0 Å². The fraction of sp³-hybridized carbons (Fsp3) is 0.273. The van der Waals surface area contributed by atoms with E-state index in [1.54, 1.807) is 25.3 Å². The molecule has 28 heavy (non-hydrogen) atoms. The van der Waals surface area contributed by atoms with E-state index in [0.717, 1.165) is 28.3 Å². The molecule has 0 unspecified atom stereocenters. The van der Waals surface area contributed by atoms with Crippen LogP contribution in [0.3, 0.4) is 0 Å². The number of hydrogen-bond donors (Lipinski definition) is 0. The molecule has 0 bridgehead atoms.